The molecule has 0 radical (unpaired) electrons. The number of halogens is 2. The fraction of sp³-hybridized carbons (Fsp3) is 0.538. The molecule has 0 heterocycles. The van der Waals surface area contributed by atoms with Crippen molar-refractivity contribution in [2.24, 2.45) is 5.92 Å². The second-order valence-electron chi connectivity index (χ2n) is 4.48. The van der Waals surface area contributed by atoms with Gasteiger partial charge in [-0.25, -0.2) is 0 Å². The van der Waals surface area contributed by atoms with Crippen LogP contribution in [0.15, 0.2) is 18.2 Å². The zero-order chi connectivity index (χ0) is 13.1. The van der Waals surface area contributed by atoms with Crippen molar-refractivity contribution in [3.05, 3.63) is 23.8 Å². The van der Waals surface area contributed by atoms with E-state index in [2.05, 4.69) is 4.74 Å². The summed E-state index contributed by atoms with van der Waals surface area (Å²) in [7, 11) is 1.38. The molecule has 5 heteroatoms. The first kappa shape index (κ1) is 13.1. The molecule has 1 aromatic rings. The molecule has 0 bridgehead atoms. The third-order valence-electron chi connectivity index (χ3n) is 3.04. The SMILES string of the molecule is COc1ccc(C(O)CC2CC2)cc1OC(F)F. The van der Waals surface area contributed by atoms with Crippen molar-refractivity contribution in [3.63, 3.8) is 0 Å². The number of benzene rings is 1. The number of methoxy groups -OCH3 is 1. The minimum Gasteiger partial charge on any atom is -0.493 e. The van der Waals surface area contributed by atoms with Gasteiger partial charge in [0.2, 0.25) is 0 Å². The maximum absolute atomic E-state index is 12.2. The molecular weight excluding hydrogens is 242 g/mol. The Balaban J connectivity index is 2.14. The summed E-state index contributed by atoms with van der Waals surface area (Å²) in [6.45, 7) is -2.91. The monoisotopic (exact) mass is 258 g/mol. The van der Waals surface area contributed by atoms with Crippen LogP contribution in [0.4, 0.5) is 8.78 Å². The van der Waals surface area contributed by atoms with E-state index in [0.717, 1.165) is 12.8 Å². The maximum Gasteiger partial charge on any atom is 0.387 e. The highest BCUT2D eigenvalue weighted by Gasteiger charge is 2.25. The second-order valence-corrected chi connectivity index (χ2v) is 4.48. The summed E-state index contributed by atoms with van der Waals surface area (Å²) in [4.78, 5) is 0. The number of aliphatic hydroxyl groups excluding tert-OH is 1. The first-order valence-corrected chi connectivity index (χ1v) is 5.91. The van der Waals surface area contributed by atoms with Crippen molar-refractivity contribution in [3.8, 4) is 11.5 Å². The molecule has 0 aliphatic heterocycles. The molecule has 2 rings (SSSR count). The van der Waals surface area contributed by atoms with Crippen LogP contribution in [-0.4, -0.2) is 18.8 Å². The molecule has 1 aliphatic rings. The van der Waals surface area contributed by atoms with Gasteiger partial charge in [0.25, 0.3) is 0 Å². The molecule has 18 heavy (non-hydrogen) atoms. The van der Waals surface area contributed by atoms with Crippen molar-refractivity contribution < 1.29 is 23.4 Å². The van der Waals surface area contributed by atoms with Gasteiger partial charge in [-0.05, 0) is 30.0 Å². The van der Waals surface area contributed by atoms with E-state index in [1.807, 2.05) is 0 Å². The van der Waals surface area contributed by atoms with E-state index >= 15 is 0 Å². The summed E-state index contributed by atoms with van der Waals surface area (Å²) < 4.78 is 33.8. The van der Waals surface area contributed by atoms with Gasteiger partial charge in [0, 0.05) is 0 Å². The summed E-state index contributed by atoms with van der Waals surface area (Å²) >= 11 is 0. The molecule has 1 aliphatic carbocycles. The molecule has 1 unspecified atom stereocenters. The Hall–Kier alpha value is -1.36. The average molecular weight is 258 g/mol. The van der Waals surface area contributed by atoms with Crippen molar-refractivity contribution in [1.29, 1.82) is 0 Å². The Kier molecular flexibility index (Phi) is 4.01. The van der Waals surface area contributed by atoms with Crippen LogP contribution in [-0.2, 0) is 0 Å². The molecule has 0 spiro atoms. The number of hydrogen-bond acceptors (Lipinski definition) is 3. The molecule has 1 N–H and O–H groups in total. The summed E-state index contributed by atoms with van der Waals surface area (Å²) in [5.74, 6) is 0.749. The van der Waals surface area contributed by atoms with Gasteiger partial charge < -0.3 is 14.6 Å². The van der Waals surface area contributed by atoms with Crippen LogP contribution in [0.3, 0.4) is 0 Å². The van der Waals surface area contributed by atoms with E-state index in [0.29, 0.717) is 17.9 Å². The van der Waals surface area contributed by atoms with Crippen LogP contribution in [0.2, 0.25) is 0 Å². The van der Waals surface area contributed by atoms with Gasteiger partial charge in [0.05, 0.1) is 13.2 Å². The lowest BCUT2D eigenvalue weighted by atomic mass is 10.0. The summed E-state index contributed by atoms with van der Waals surface area (Å²) in [5.41, 5.74) is 0.582. The number of hydrogen-bond donors (Lipinski definition) is 1. The van der Waals surface area contributed by atoms with E-state index in [1.165, 1.54) is 19.2 Å². The minimum absolute atomic E-state index is 0.0418. The number of rotatable bonds is 6. The Morgan fingerprint density at radius 1 is 1.33 bits per heavy atom. The molecule has 1 atom stereocenters. The summed E-state index contributed by atoms with van der Waals surface area (Å²) in [6.07, 6.45) is 2.30. The smallest absolute Gasteiger partial charge is 0.387 e. The van der Waals surface area contributed by atoms with Gasteiger partial charge in [-0.3, -0.25) is 0 Å². The van der Waals surface area contributed by atoms with Gasteiger partial charge in [-0.1, -0.05) is 18.9 Å². The van der Waals surface area contributed by atoms with Gasteiger partial charge in [-0.2, -0.15) is 8.78 Å². The third-order valence-corrected chi connectivity index (χ3v) is 3.04. The van der Waals surface area contributed by atoms with Crippen LogP contribution < -0.4 is 9.47 Å². The minimum atomic E-state index is -2.91. The molecule has 0 saturated heterocycles. The first-order chi connectivity index (χ1) is 8.60. The van der Waals surface area contributed by atoms with E-state index in [4.69, 9.17) is 4.74 Å². The average Bonchev–Trinajstić information content (AvgIpc) is 3.12. The topological polar surface area (TPSA) is 38.7 Å². The van der Waals surface area contributed by atoms with Gasteiger partial charge in [0.15, 0.2) is 11.5 Å². The van der Waals surface area contributed by atoms with Gasteiger partial charge in [0.1, 0.15) is 0 Å². The highest BCUT2D eigenvalue weighted by Crippen LogP contribution is 2.39. The third kappa shape index (κ3) is 3.32. The number of aliphatic hydroxyl groups is 1. The van der Waals surface area contributed by atoms with Crippen LogP contribution in [0.5, 0.6) is 11.5 Å². The largest absolute Gasteiger partial charge is 0.493 e. The van der Waals surface area contributed by atoms with E-state index in [1.54, 1.807) is 6.07 Å². The Labute approximate surface area is 104 Å². The standard InChI is InChI=1S/C13H16F2O3/c1-17-11-5-4-9(7-12(11)18-13(14)15)10(16)6-8-2-3-8/h4-5,7-8,10,13,16H,2-3,6H2,1H3. The maximum atomic E-state index is 12.2. The number of ether oxygens (including phenoxy) is 2. The van der Waals surface area contributed by atoms with E-state index in [-0.39, 0.29) is 11.5 Å². The van der Waals surface area contributed by atoms with Crippen molar-refractivity contribution in [2.45, 2.75) is 32.0 Å². The zero-order valence-corrected chi connectivity index (χ0v) is 10.1. The predicted molar refractivity (Wildman–Crippen MR) is 61.9 cm³/mol. The first-order valence-electron chi connectivity index (χ1n) is 5.91. The Bertz CT molecular complexity index is 405. The molecule has 1 aromatic carbocycles. The lowest BCUT2D eigenvalue weighted by molar-refractivity contribution is -0.0513. The molecule has 1 fully saturated rings. The molecule has 0 aromatic heterocycles. The fourth-order valence-electron chi connectivity index (χ4n) is 1.89. The van der Waals surface area contributed by atoms with E-state index < -0.39 is 12.7 Å². The molecule has 1 saturated carbocycles. The summed E-state index contributed by atoms with van der Waals surface area (Å²) in [6, 6.07) is 4.62. The molecular formula is C13H16F2O3. The fourth-order valence-corrected chi connectivity index (χ4v) is 1.89. The lowest BCUT2D eigenvalue weighted by Crippen LogP contribution is -2.05. The van der Waals surface area contributed by atoms with Gasteiger partial charge >= 0.3 is 6.61 Å². The highest BCUT2D eigenvalue weighted by molar-refractivity contribution is 5.43. The van der Waals surface area contributed by atoms with Crippen LogP contribution in [0, 0.1) is 5.92 Å². The Morgan fingerprint density at radius 3 is 2.61 bits per heavy atom. The molecule has 100 valence electrons. The van der Waals surface area contributed by atoms with E-state index in [9.17, 15) is 13.9 Å². The highest BCUT2D eigenvalue weighted by atomic mass is 19.3. The molecule has 3 nitrogen and oxygen atoms in total. The van der Waals surface area contributed by atoms with Gasteiger partial charge in [-0.15, -0.1) is 0 Å². The Morgan fingerprint density at radius 2 is 2.06 bits per heavy atom. The van der Waals surface area contributed by atoms with Crippen LogP contribution >= 0.6 is 0 Å². The predicted octanol–water partition coefficient (Wildman–Crippen LogP) is 3.13. The summed E-state index contributed by atoms with van der Waals surface area (Å²) in [5, 5.41) is 9.97. The lowest BCUT2D eigenvalue weighted by Gasteiger charge is -2.14. The van der Waals surface area contributed by atoms with Crippen molar-refractivity contribution >= 4 is 0 Å². The van der Waals surface area contributed by atoms with Crippen molar-refractivity contribution in [1.82, 2.24) is 0 Å². The normalized spacial score (nSPS) is 16.7. The zero-order valence-electron chi connectivity index (χ0n) is 10.1. The number of alkyl halides is 2. The molecule has 0 amide bonds. The van der Waals surface area contributed by atoms with Crippen LogP contribution in [0.1, 0.15) is 30.9 Å². The van der Waals surface area contributed by atoms with Crippen LogP contribution in [0.25, 0.3) is 0 Å². The quantitative estimate of drug-likeness (QED) is 0.852. The second kappa shape index (κ2) is 5.52. The van der Waals surface area contributed by atoms with Crippen molar-refractivity contribution in [2.75, 3.05) is 7.11 Å².